The lowest BCUT2D eigenvalue weighted by atomic mass is 10.1. The van der Waals surface area contributed by atoms with Crippen molar-refractivity contribution >= 4 is 5.97 Å². The molecule has 0 radical (unpaired) electrons. The van der Waals surface area contributed by atoms with Crippen LogP contribution in [0.4, 0.5) is 0 Å². The lowest BCUT2D eigenvalue weighted by Gasteiger charge is -2.09. The van der Waals surface area contributed by atoms with Crippen molar-refractivity contribution in [1.29, 1.82) is 0 Å². The second-order valence-corrected chi connectivity index (χ2v) is 2.43. The number of likely N-dealkylation sites (N-methyl/N-ethyl adjacent to an activating group) is 1. The molecule has 0 unspecified atom stereocenters. The van der Waals surface area contributed by atoms with E-state index < -0.39 is 0 Å². The summed E-state index contributed by atoms with van der Waals surface area (Å²) in [7, 11) is 3.13. The summed E-state index contributed by atoms with van der Waals surface area (Å²) >= 11 is 0. The van der Waals surface area contributed by atoms with E-state index in [1.165, 1.54) is 7.11 Å². The zero-order valence-electron chi connectivity index (χ0n) is 8.23. The molecule has 0 bridgehead atoms. The molecule has 3 nitrogen and oxygen atoms in total. The van der Waals surface area contributed by atoms with Crippen molar-refractivity contribution in [1.82, 2.24) is 5.32 Å². The molecule has 0 aliphatic heterocycles. The third-order valence-corrected chi connectivity index (χ3v) is 1.85. The van der Waals surface area contributed by atoms with Gasteiger partial charge >= 0.3 is 5.97 Å². The summed E-state index contributed by atoms with van der Waals surface area (Å²) in [6, 6.07) is 0. The third-order valence-electron chi connectivity index (χ3n) is 1.85. The Morgan fingerprint density at radius 1 is 1.33 bits per heavy atom. The van der Waals surface area contributed by atoms with Gasteiger partial charge in [-0.15, -0.1) is 0 Å². The molecule has 0 spiro atoms. The molecule has 12 heavy (non-hydrogen) atoms. The summed E-state index contributed by atoms with van der Waals surface area (Å²) in [4.78, 5) is 11.2. The van der Waals surface area contributed by atoms with Crippen LogP contribution in [0.5, 0.6) is 0 Å². The second kappa shape index (κ2) is 5.63. The van der Waals surface area contributed by atoms with Gasteiger partial charge in [0.1, 0.15) is 5.70 Å². The van der Waals surface area contributed by atoms with Crippen LogP contribution in [-0.2, 0) is 9.53 Å². The third kappa shape index (κ3) is 2.57. The lowest BCUT2D eigenvalue weighted by Crippen LogP contribution is -2.19. The first-order chi connectivity index (χ1) is 5.71. The van der Waals surface area contributed by atoms with Gasteiger partial charge in [0.05, 0.1) is 7.11 Å². The van der Waals surface area contributed by atoms with E-state index in [2.05, 4.69) is 10.1 Å². The molecule has 0 saturated heterocycles. The lowest BCUT2D eigenvalue weighted by molar-refractivity contribution is -0.136. The molecule has 0 aromatic carbocycles. The van der Waals surface area contributed by atoms with E-state index in [1.807, 2.05) is 13.8 Å². The molecule has 0 amide bonds. The molecule has 0 aromatic heterocycles. The average molecular weight is 171 g/mol. The van der Waals surface area contributed by atoms with Gasteiger partial charge in [-0.3, -0.25) is 0 Å². The molecule has 3 heteroatoms. The zero-order valence-corrected chi connectivity index (χ0v) is 8.23. The van der Waals surface area contributed by atoms with E-state index in [1.54, 1.807) is 7.05 Å². The van der Waals surface area contributed by atoms with Gasteiger partial charge in [0.15, 0.2) is 0 Å². The fourth-order valence-electron chi connectivity index (χ4n) is 1.13. The van der Waals surface area contributed by atoms with Gasteiger partial charge in [0.2, 0.25) is 0 Å². The van der Waals surface area contributed by atoms with Crippen LogP contribution in [0.3, 0.4) is 0 Å². The standard InChI is InChI=1S/C9H17NO2/c1-5-7(6-2)8(10-3)9(11)12-4/h10H,5-6H2,1-4H3. The van der Waals surface area contributed by atoms with Crippen LogP contribution in [-0.4, -0.2) is 20.1 Å². The van der Waals surface area contributed by atoms with Crippen LogP contribution in [0.25, 0.3) is 0 Å². The summed E-state index contributed by atoms with van der Waals surface area (Å²) in [6.07, 6.45) is 1.75. The predicted octanol–water partition coefficient (Wildman–Crippen LogP) is 1.45. The van der Waals surface area contributed by atoms with E-state index in [9.17, 15) is 4.79 Å². The molecule has 0 atom stereocenters. The highest BCUT2D eigenvalue weighted by molar-refractivity contribution is 5.88. The number of hydrogen-bond donors (Lipinski definition) is 1. The number of rotatable bonds is 4. The monoisotopic (exact) mass is 171 g/mol. The van der Waals surface area contributed by atoms with Gasteiger partial charge in [-0.25, -0.2) is 4.79 Å². The van der Waals surface area contributed by atoms with E-state index >= 15 is 0 Å². The van der Waals surface area contributed by atoms with Crippen molar-refractivity contribution in [3.05, 3.63) is 11.3 Å². The van der Waals surface area contributed by atoms with Crippen LogP contribution in [0.1, 0.15) is 26.7 Å². The Morgan fingerprint density at radius 2 is 1.83 bits per heavy atom. The van der Waals surface area contributed by atoms with Gasteiger partial charge in [-0.05, 0) is 18.4 Å². The fraction of sp³-hybridized carbons (Fsp3) is 0.667. The summed E-state index contributed by atoms with van der Waals surface area (Å²) in [5.41, 5.74) is 1.70. The number of methoxy groups -OCH3 is 1. The Kier molecular flexibility index (Phi) is 5.17. The number of carbonyl (C=O) groups is 1. The number of carbonyl (C=O) groups excluding carboxylic acids is 1. The van der Waals surface area contributed by atoms with Crippen LogP contribution >= 0.6 is 0 Å². The Labute approximate surface area is 73.8 Å². The summed E-state index contributed by atoms with van der Waals surface area (Å²) in [5.74, 6) is -0.281. The van der Waals surface area contributed by atoms with E-state index in [-0.39, 0.29) is 5.97 Å². The number of hydrogen-bond acceptors (Lipinski definition) is 3. The maximum Gasteiger partial charge on any atom is 0.354 e. The minimum atomic E-state index is -0.281. The van der Waals surface area contributed by atoms with Crippen molar-refractivity contribution in [3.8, 4) is 0 Å². The van der Waals surface area contributed by atoms with Crippen LogP contribution in [0.15, 0.2) is 11.3 Å². The highest BCUT2D eigenvalue weighted by atomic mass is 16.5. The van der Waals surface area contributed by atoms with Crippen molar-refractivity contribution in [3.63, 3.8) is 0 Å². The van der Waals surface area contributed by atoms with Gasteiger partial charge in [-0.2, -0.15) is 0 Å². The Balaban J connectivity index is 4.68. The topological polar surface area (TPSA) is 38.3 Å². The summed E-state index contributed by atoms with van der Waals surface area (Å²) < 4.78 is 4.63. The number of esters is 1. The van der Waals surface area contributed by atoms with Gasteiger partial charge in [0.25, 0.3) is 0 Å². The molecular formula is C9H17NO2. The van der Waals surface area contributed by atoms with Crippen molar-refractivity contribution in [2.24, 2.45) is 0 Å². The van der Waals surface area contributed by atoms with E-state index in [4.69, 9.17) is 0 Å². The SMILES string of the molecule is CCC(CC)=C(NC)C(=O)OC. The fourth-order valence-corrected chi connectivity index (χ4v) is 1.13. The summed E-state index contributed by atoms with van der Waals surface area (Å²) in [5, 5.41) is 2.86. The van der Waals surface area contributed by atoms with Gasteiger partial charge < -0.3 is 10.1 Å². The molecule has 0 saturated carbocycles. The Bertz CT molecular complexity index is 179. The molecule has 0 heterocycles. The van der Waals surface area contributed by atoms with E-state index in [0.717, 1.165) is 18.4 Å². The molecule has 0 fully saturated rings. The molecule has 0 aliphatic rings. The Hall–Kier alpha value is -0.990. The van der Waals surface area contributed by atoms with Crippen LogP contribution < -0.4 is 5.32 Å². The van der Waals surface area contributed by atoms with E-state index in [0.29, 0.717) is 5.70 Å². The van der Waals surface area contributed by atoms with Crippen molar-refractivity contribution < 1.29 is 9.53 Å². The Morgan fingerprint density at radius 3 is 2.08 bits per heavy atom. The first-order valence-corrected chi connectivity index (χ1v) is 4.19. The molecule has 0 rings (SSSR count). The molecule has 1 N–H and O–H groups in total. The first kappa shape index (κ1) is 11.0. The zero-order chi connectivity index (χ0) is 9.56. The highest BCUT2D eigenvalue weighted by Crippen LogP contribution is 2.11. The quantitative estimate of drug-likeness (QED) is 0.514. The molecular weight excluding hydrogens is 154 g/mol. The maximum atomic E-state index is 11.2. The smallest absolute Gasteiger partial charge is 0.354 e. The molecule has 70 valence electrons. The maximum absolute atomic E-state index is 11.2. The van der Waals surface area contributed by atoms with Gasteiger partial charge in [-0.1, -0.05) is 13.8 Å². The summed E-state index contributed by atoms with van der Waals surface area (Å²) in [6.45, 7) is 4.05. The van der Waals surface area contributed by atoms with Crippen molar-refractivity contribution in [2.45, 2.75) is 26.7 Å². The predicted molar refractivity (Wildman–Crippen MR) is 48.7 cm³/mol. The number of ether oxygens (including phenoxy) is 1. The average Bonchev–Trinajstić information content (AvgIpc) is 2.12. The van der Waals surface area contributed by atoms with Gasteiger partial charge in [0, 0.05) is 7.05 Å². The minimum absolute atomic E-state index is 0.281. The largest absolute Gasteiger partial charge is 0.464 e. The second-order valence-electron chi connectivity index (χ2n) is 2.43. The first-order valence-electron chi connectivity index (χ1n) is 4.19. The highest BCUT2D eigenvalue weighted by Gasteiger charge is 2.11. The van der Waals surface area contributed by atoms with Crippen molar-refractivity contribution in [2.75, 3.05) is 14.2 Å². The van der Waals surface area contributed by atoms with Crippen LogP contribution in [0, 0.1) is 0 Å². The normalized spacial score (nSPS) is 9.00. The molecule has 0 aliphatic carbocycles. The number of allylic oxidation sites excluding steroid dienone is 1. The van der Waals surface area contributed by atoms with Crippen LogP contribution in [0.2, 0.25) is 0 Å². The minimum Gasteiger partial charge on any atom is -0.464 e. The number of nitrogens with one attached hydrogen (secondary N) is 1. The molecule has 0 aromatic rings.